The summed E-state index contributed by atoms with van der Waals surface area (Å²) in [6.07, 6.45) is 1.35. The van der Waals surface area contributed by atoms with Crippen LogP contribution in [0.5, 0.6) is 0 Å². The highest BCUT2D eigenvalue weighted by molar-refractivity contribution is 5.95. The van der Waals surface area contributed by atoms with E-state index in [-0.39, 0.29) is 156 Å². The molecule has 0 saturated heterocycles. The molecule has 0 aliphatic carbocycles. The Morgan fingerprint density at radius 2 is 0.778 bits per heavy atom. The lowest BCUT2D eigenvalue weighted by Gasteiger charge is -2.31. The number of ketones is 1. The second kappa shape index (κ2) is 34.4. The van der Waals surface area contributed by atoms with Crippen LogP contribution < -0.4 is 54.1 Å². The second-order valence-electron chi connectivity index (χ2n) is 18.5. The Balaban J connectivity index is 1.55. The van der Waals surface area contributed by atoms with Crippen molar-refractivity contribution < 1.29 is 63.7 Å². The monoisotopic (exact) mass is 1140 g/mol. The molecule has 4 heterocycles. The van der Waals surface area contributed by atoms with Gasteiger partial charge in [0.25, 0.3) is 45.9 Å². The molecule has 29 nitrogen and oxygen atoms in total. The summed E-state index contributed by atoms with van der Waals surface area (Å²) in [5.41, 5.74) is -4.41. The first-order valence-electron chi connectivity index (χ1n) is 26.1. The van der Waals surface area contributed by atoms with Gasteiger partial charge in [-0.1, -0.05) is 0 Å². The average Bonchev–Trinajstić information content (AvgIpc) is 3.46. The molecule has 4 amide bonds. The standard InChI is InChI=1S/C52H76N12O17/c1-35(65)44(60(34-39-13-17-43(52(73)64(39)77)48(69)58-23-30-81-5)26-8-19-54-32-37-11-15-41(50(71)62(37)75)46(67)56-21-28-79-3)9-6-24-59(33-38-12-16-42(51(72)63(38)76)47(68)57-22-29-80-4)25-7-18-53-31-36-10-14-40(49(70)61(36)74)45(66)55-20-27-78-2/h10-17,44,53-54,74-77H,6-9,18-34H2,1-5H3,(H,55,66)(H,56,67)(H,57,68)(H,58,69). The summed E-state index contributed by atoms with van der Waals surface area (Å²) in [6.45, 7) is 4.06. The topological polar surface area (TPSA) is 370 Å². The second-order valence-corrected chi connectivity index (χ2v) is 18.5. The van der Waals surface area contributed by atoms with Gasteiger partial charge < -0.3 is 71.7 Å². The van der Waals surface area contributed by atoms with Crippen molar-refractivity contribution in [3.8, 4) is 0 Å². The van der Waals surface area contributed by atoms with Gasteiger partial charge in [-0.15, -0.1) is 0 Å². The van der Waals surface area contributed by atoms with Gasteiger partial charge in [-0.2, -0.15) is 18.9 Å². The number of carbonyl (C=O) groups is 5. The SMILES string of the molecule is COCCNC(=O)c1ccc(CNCCCN(CCCC(C(C)=O)N(CCCNCc2ccc(C(=O)NCCOC)c(=O)n2O)Cc2ccc(C(=O)NCCOC)c(=O)n2O)Cc2ccc(C(=O)NCCOC)c(=O)n2O)n(O)c1=O. The predicted molar refractivity (Wildman–Crippen MR) is 290 cm³/mol. The number of nitrogens with one attached hydrogen (secondary N) is 6. The summed E-state index contributed by atoms with van der Waals surface area (Å²) in [4.78, 5) is 120. The maximum Gasteiger partial charge on any atom is 0.295 e. The number of methoxy groups -OCH3 is 4. The van der Waals surface area contributed by atoms with Gasteiger partial charge in [0.15, 0.2) is 0 Å². The van der Waals surface area contributed by atoms with Gasteiger partial charge in [-0.3, -0.25) is 53.0 Å². The molecule has 0 spiro atoms. The van der Waals surface area contributed by atoms with Crippen LogP contribution >= 0.6 is 0 Å². The van der Waals surface area contributed by atoms with Crippen LogP contribution in [0.4, 0.5) is 0 Å². The number of pyridine rings is 4. The van der Waals surface area contributed by atoms with Crippen LogP contribution in [-0.2, 0) is 49.9 Å². The van der Waals surface area contributed by atoms with E-state index < -0.39 is 51.9 Å². The summed E-state index contributed by atoms with van der Waals surface area (Å²) in [6, 6.07) is 10.1. The normalized spacial score (nSPS) is 11.7. The van der Waals surface area contributed by atoms with E-state index in [4.69, 9.17) is 18.9 Å². The third-order valence-electron chi connectivity index (χ3n) is 12.7. The first-order chi connectivity index (χ1) is 38.9. The smallest absolute Gasteiger partial charge is 0.295 e. The molecule has 4 aromatic rings. The molecule has 1 unspecified atom stereocenters. The highest BCUT2D eigenvalue weighted by Gasteiger charge is 2.26. The molecule has 10 N–H and O–H groups in total. The fourth-order valence-electron chi connectivity index (χ4n) is 8.38. The van der Waals surface area contributed by atoms with Crippen LogP contribution in [0.15, 0.2) is 67.7 Å². The molecule has 4 rings (SSSR count). The first kappa shape index (κ1) is 65.7. The van der Waals surface area contributed by atoms with Crippen LogP contribution in [0.25, 0.3) is 0 Å². The van der Waals surface area contributed by atoms with Crippen molar-refractivity contribution in [1.29, 1.82) is 0 Å². The maximum atomic E-state index is 13.7. The van der Waals surface area contributed by atoms with Gasteiger partial charge in [0, 0.05) is 87.3 Å². The van der Waals surface area contributed by atoms with E-state index in [2.05, 4.69) is 31.9 Å². The number of rotatable bonds is 38. The van der Waals surface area contributed by atoms with Gasteiger partial charge in [-0.25, -0.2) is 0 Å². The molecule has 0 fully saturated rings. The number of amides is 4. The number of hydrogen-bond acceptors (Lipinski definition) is 21. The van der Waals surface area contributed by atoms with Crippen molar-refractivity contribution in [3.05, 3.63) is 135 Å². The molecule has 81 heavy (non-hydrogen) atoms. The van der Waals surface area contributed by atoms with Crippen LogP contribution in [0.1, 0.15) is 96.8 Å². The quantitative estimate of drug-likeness (QED) is 0.0175. The minimum absolute atomic E-state index is 0.000589. The average molecular weight is 1140 g/mol. The number of hydrogen-bond donors (Lipinski definition) is 10. The lowest BCUT2D eigenvalue weighted by atomic mass is 10.0. The van der Waals surface area contributed by atoms with E-state index >= 15 is 0 Å². The van der Waals surface area contributed by atoms with E-state index in [1.165, 1.54) is 83.9 Å². The fourth-order valence-corrected chi connectivity index (χ4v) is 8.38. The van der Waals surface area contributed by atoms with Gasteiger partial charge in [0.05, 0.1) is 55.2 Å². The zero-order valence-corrected chi connectivity index (χ0v) is 46.3. The summed E-state index contributed by atoms with van der Waals surface area (Å²) in [5.74, 6) is -3.06. The van der Waals surface area contributed by atoms with E-state index in [9.17, 15) is 64.0 Å². The van der Waals surface area contributed by atoms with Crippen LogP contribution in [0.3, 0.4) is 0 Å². The Morgan fingerprint density at radius 3 is 1.14 bits per heavy atom. The maximum absolute atomic E-state index is 13.7. The third kappa shape index (κ3) is 19.8. The molecule has 0 aliphatic heterocycles. The number of nitrogens with zero attached hydrogens (tertiary/aromatic N) is 6. The molecule has 0 bridgehead atoms. The number of aromatic nitrogens is 4. The number of carbonyl (C=O) groups excluding carboxylic acids is 5. The van der Waals surface area contributed by atoms with Crippen molar-refractivity contribution in [2.75, 3.05) is 114 Å². The third-order valence-corrected chi connectivity index (χ3v) is 12.7. The molecule has 0 radical (unpaired) electrons. The zero-order valence-electron chi connectivity index (χ0n) is 46.3. The van der Waals surface area contributed by atoms with Crippen molar-refractivity contribution >= 4 is 29.4 Å². The molecule has 29 heteroatoms. The summed E-state index contributed by atoms with van der Waals surface area (Å²) >= 11 is 0. The van der Waals surface area contributed by atoms with Crippen molar-refractivity contribution in [1.82, 2.24) is 60.6 Å². The highest BCUT2D eigenvalue weighted by atomic mass is 16.5. The fraction of sp³-hybridized carbons (Fsp3) is 0.519. The summed E-state index contributed by atoms with van der Waals surface area (Å²) < 4.78 is 21.3. The number of Topliss-reactive ketones (excluding diaryl/α,β-unsaturated/α-hetero) is 1. The minimum Gasteiger partial charge on any atom is -0.425 e. The van der Waals surface area contributed by atoms with E-state index in [1.54, 1.807) is 4.90 Å². The van der Waals surface area contributed by atoms with Crippen molar-refractivity contribution in [2.45, 2.75) is 64.8 Å². The number of ether oxygens (including phenoxy) is 4. The summed E-state index contributed by atoms with van der Waals surface area (Å²) in [7, 11) is 5.82. The van der Waals surface area contributed by atoms with Crippen molar-refractivity contribution in [2.24, 2.45) is 0 Å². The molecule has 446 valence electrons. The van der Waals surface area contributed by atoms with Gasteiger partial charge in [-0.05, 0) is 107 Å². The molecular weight excluding hydrogens is 1060 g/mol. The summed E-state index contributed by atoms with van der Waals surface area (Å²) in [5, 5.41) is 59.9. The molecule has 0 saturated carbocycles. The first-order valence-corrected chi connectivity index (χ1v) is 26.1. The van der Waals surface area contributed by atoms with Gasteiger partial charge in [0.1, 0.15) is 28.0 Å². The van der Waals surface area contributed by atoms with Gasteiger partial charge in [0.2, 0.25) is 0 Å². The lowest BCUT2D eigenvalue weighted by molar-refractivity contribution is -0.122. The van der Waals surface area contributed by atoms with E-state index in [0.717, 1.165) is 0 Å². The van der Waals surface area contributed by atoms with Crippen LogP contribution in [0.2, 0.25) is 0 Å². The minimum atomic E-state index is -0.994. The Labute approximate surface area is 466 Å². The molecular formula is C52H76N12O17. The molecule has 0 aliphatic rings. The van der Waals surface area contributed by atoms with E-state index in [0.29, 0.717) is 51.3 Å². The molecule has 4 aromatic heterocycles. The molecule has 1 atom stereocenters. The van der Waals surface area contributed by atoms with Crippen LogP contribution in [-0.4, -0.2) is 199 Å². The predicted octanol–water partition coefficient (Wildman–Crippen LogP) is -1.81. The lowest BCUT2D eigenvalue weighted by Crippen LogP contribution is -2.43. The Bertz CT molecular complexity index is 2980. The van der Waals surface area contributed by atoms with Gasteiger partial charge >= 0.3 is 0 Å². The molecule has 0 aromatic carbocycles. The van der Waals surface area contributed by atoms with Crippen LogP contribution in [0, 0.1) is 0 Å². The Hall–Kier alpha value is -7.77. The Kier molecular flexibility index (Phi) is 27.9. The largest absolute Gasteiger partial charge is 0.425 e. The van der Waals surface area contributed by atoms with Crippen molar-refractivity contribution in [3.63, 3.8) is 0 Å². The highest BCUT2D eigenvalue weighted by Crippen LogP contribution is 2.16. The van der Waals surface area contributed by atoms with E-state index in [1.807, 2.05) is 4.90 Å². The zero-order chi connectivity index (χ0) is 59.4. The Morgan fingerprint density at radius 1 is 0.457 bits per heavy atom.